The second-order valence-electron chi connectivity index (χ2n) is 8.48. The Morgan fingerprint density at radius 3 is 2.23 bits per heavy atom. The first-order chi connectivity index (χ1) is 14.4. The third-order valence-corrected chi connectivity index (χ3v) is 6.10. The molecule has 0 atom stereocenters. The number of rotatable bonds is 4. The van der Waals surface area contributed by atoms with E-state index in [4.69, 9.17) is 4.74 Å². The van der Waals surface area contributed by atoms with Crippen LogP contribution in [-0.4, -0.2) is 12.6 Å². The number of ether oxygens (including phenoxy) is 1. The lowest BCUT2D eigenvalue weighted by atomic mass is 9.69. The van der Waals surface area contributed by atoms with E-state index in [-0.39, 0.29) is 11.4 Å². The zero-order valence-electron chi connectivity index (χ0n) is 18.9. The Kier molecular flexibility index (Phi) is 6.83. The van der Waals surface area contributed by atoms with Crippen LogP contribution in [0.5, 0.6) is 0 Å². The van der Waals surface area contributed by atoms with Crippen LogP contribution in [0.2, 0.25) is 0 Å². The number of carbonyl (C=O) groups is 1. The average molecular weight is 401 g/mol. The van der Waals surface area contributed by atoms with Crippen molar-refractivity contribution >= 4 is 11.5 Å². The Balaban J connectivity index is 1.92. The van der Waals surface area contributed by atoms with Gasteiger partial charge in [-0.3, -0.25) is 0 Å². The van der Waals surface area contributed by atoms with Crippen LogP contribution in [-0.2, 0) is 10.2 Å². The molecular weight excluding hydrogens is 368 g/mol. The standard InChI is InChI=1S/C28H32O2/c1-6-22(7-2)24-17-18-28(4,5)26-19-21(13-16-25(24)26)10-9-20-11-14-23(15-12-20)27(29)30-8-3/h11-16,19H,6-8,17-18H2,1-5H3. The van der Waals surface area contributed by atoms with Gasteiger partial charge in [-0.15, -0.1) is 0 Å². The molecule has 2 nitrogen and oxygen atoms in total. The highest BCUT2D eigenvalue weighted by Gasteiger charge is 2.30. The minimum atomic E-state index is -0.295. The third-order valence-electron chi connectivity index (χ3n) is 6.10. The first-order valence-corrected chi connectivity index (χ1v) is 11.0. The van der Waals surface area contributed by atoms with Gasteiger partial charge in [0.25, 0.3) is 0 Å². The van der Waals surface area contributed by atoms with Gasteiger partial charge in [0.2, 0.25) is 0 Å². The van der Waals surface area contributed by atoms with E-state index in [1.165, 1.54) is 17.5 Å². The fourth-order valence-electron chi connectivity index (χ4n) is 4.24. The van der Waals surface area contributed by atoms with Crippen LogP contribution >= 0.6 is 0 Å². The van der Waals surface area contributed by atoms with Gasteiger partial charge in [-0.2, -0.15) is 0 Å². The number of esters is 1. The molecule has 0 heterocycles. The van der Waals surface area contributed by atoms with Crippen molar-refractivity contribution in [2.75, 3.05) is 6.61 Å². The molecule has 0 bridgehead atoms. The largest absolute Gasteiger partial charge is 0.462 e. The highest BCUT2D eigenvalue weighted by molar-refractivity contribution is 5.89. The monoisotopic (exact) mass is 400 g/mol. The Hall–Kier alpha value is -2.79. The van der Waals surface area contributed by atoms with E-state index >= 15 is 0 Å². The molecule has 0 radical (unpaired) electrons. The minimum absolute atomic E-state index is 0.157. The third kappa shape index (κ3) is 4.68. The summed E-state index contributed by atoms with van der Waals surface area (Å²) >= 11 is 0. The maximum Gasteiger partial charge on any atom is 0.338 e. The van der Waals surface area contributed by atoms with E-state index in [0.717, 1.165) is 30.4 Å². The van der Waals surface area contributed by atoms with Gasteiger partial charge in [0.05, 0.1) is 12.2 Å². The normalized spacial score (nSPS) is 14.4. The molecule has 156 valence electrons. The van der Waals surface area contributed by atoms with E-state index in [2.05, 4.69) is 57.7 Å². The van der Waals surface area contributed by atoms with Crippen LogP contribution in [0.1, 0.15) is 92.9 Å². The summed E-state index contributed by atoms with van der Waals surface area (Å²) in [6, 6.07) is 14.0. The minimum Gasteiger partial charge on any atom is -0.462 e. The molecule has 2 aromatic carbocycles. The Morgan fingerprint density at radius 1 is 0.967 bits per heavy atom. The number of benzene rings is 2. The van der Waals surface area contributed by atoms with Gasteiger partial charge in [0.1, 0.15) is 0 Å². The fourth-order valence-corrected chi connectivity index (χ4v) is 4.24. The predicted octanol–water partition coefficient (Wildman–Crippen LogP) is 6.91. The Labute approximate surface area is 181 Å². The fraction of sp³-hybridized carbons (Fsp3) is 0.393. The molecule has 0 fully saturated rings. The SMILES string of the molecule is CCOC(=O)c1ccc(C#Cc2ccc3c(c2)C(C)(C)CCC3=C(CC)CC)cc1. The van der Waals surface area contributed by atoms with Gasteiger partial charge in [-0.1, -0.05) is 51.2 Å². The van der Waals surface area contributed by atoms with Gasteiger partial charge in [-0.05, 0) is 91.1 Å². The van der Waals surface area contributed by atoms with Crippen molar-refractivity contribution in [1.82, 2.24) is 0 Å². The molecule has 2 aromatic rings. The van der Waals surface area contributed by atoms with Crippen molar-refractivity contribution in [3.05, 3.63) is 75.9 Å². The second kappa shape index (κ2) is 9.35. The molecule has 0 N–H and O–H groups in total. The van der Waals surface area contributed by atoms with Gasteiger partial charge < -0.3 is 4.74 Å². The molecule has 3 rings (SSSR count). The average Bonchev–Trinajstić information content (AvgIpc) is 2.75. The van der Waals surface area contributed by atoms with Crippen LogP contribution in [0.25, 0.3) is 5.57 Å². The van der Waals surface area contributed by atoms with Gasteiger partial charge in [0, 0.05) is 11.1 Å². The smallest absolute Gasteiger partial charge is 0.338 e. The molecule has 0 amide bonds. The summed E-state index contributed by atoms with van der Waals surface area (Å²) in [7, 11) is 0. The highest BCUT2D eigenvalue weighted by Crippen LogP contribution is 2.44. The number of hydrogen-bond acceptors (Lipinski definition) is 2. The summed E-state index contributed by atoms with van der Waals surface area (Å²) in [6.07, 6.45) is 4.57. The van der Waals surface area contributed by atoms with E-state index < -0.39 is 0 Å². The van der Waals surface area contributed by atoms with Crippen LogP contribution in [0.15, 0.2) is 48.0 Å². The van der Waals surface area contributed by atoms with Crippen molar-refractivity contribution in [2.24, 2.45) is 0 Å². The molecule has 1 aliphatic carbocycles. The zero-order chi connectivity index (χ0) is 21.7. The highest BCUT2D eigenvalue weighted by atomic mass is 16.5. The summed E-state index contributed by atoms with van der Waals surface area (Å²) in [5.41, 5.74) is 8.58. The number of allylic oxidation sites excluding steroid dienone is 2. The lowest BCUT2D eigenvalue weighted by molar-refractivity contribution is 0.0526. The summed E-state index contributed by atoms with van der Waals surface area (Å²) in [5, 5.41) is 0. The molecule has 30 heavy (non-hydrogen) atoms. The number of fused-ring (bicyclic) bond motifs is 1. The maximum atomic E-state index is 11.8. The quantitative estimate of drug-likeness (QED) is 0.412. The van der Waals surface area contributed by atoms with Crippen molar-refractivity contribution in [3.63, 3.8) is 0 Å². The van der Waals surface area contributed by atoms with E-state index in [0.29, 0.717) is 12.2 Å². The number of hydrogen-bond donors (Lipinski definition) is 0. The number of carbonyl (C=O) groups excluding carboxylic acids is 1. The van der Waals surface area contributed by atoms with Crippen LogP contribution in [0, 0.1) is 11.8 Å². The van der Waals surface area contributed by atoms with Crippen molar-refractivity contribution in [1.29, 1.82) is 0 Å². The summed E-state index contributed by atoms with van der Waals surface area (Å²) in [6.45, 7) is 11.4. The summed E-state index contributed by atoms with van der Waals surface area (Å²) in [4.78, 5) is 11.8. The van der Waals surface area contributed by atoms with Gasteiger partial charge in [0.15, 0.2) is 0 Å². The maximum absolute atomic E-state index is 11.8. The van der Waals surface area contributed by atoms with Crippen LogP contribution < -0.4 is 0 Å². The van der Waals surface area contributed by atoms with Gasteiger partial charge in [-0.25, -0.2) is 4.79 Å². The second-order valence-corrected chi connectivity index (χ2v) is 8.48. The molecule has 0 saturated heterocycles. The van der Waals surface area contributed by atoms with Gasteiger partial charge >= 0.3 is 5.97 Å². The van der Waals surface area contributed by atoms with E-state index in [1.54, 1.807) is 23.3 Å². The van der Waals surface area contributed by atoms with Crippen molar-refractivity contribution < 1.29 is 9.53 Å². The van der Waals surface area contributed by atoms with E-state index in [9.17, 15) is 4.79 Å². The first-order valence-electron chi connectivity index (χ1n) is 11.0. The molecule has 1 aliphatic rings. The molecule has 0 spiro atoms. The lowest BCUT2D eigenvalue weighted by Gasteiger charge is -2.35. The zero-order valence-corrected chi connectivity index (χ0v) is 18.9. The summed E-state index contributed by atoms with van der Waals surface area (Å²) in [5.74, 6) is 6.25. The molecule has 0 aliphatic heterocycles. The van der Waals surface area contributed by atoms with Crippen molar-refractivity contribution in [3.8, 4) is 11.8 Å². The first kappa shape index (κ1) is 21.9. The van der Waals surface area contributed by atoms with E-state index in [1.807, 2.05) is 19.1 Å². The topological polar surface area (TPSA) is 26.3 Å². The lowest BCUT2D eigenvalue weighted by Crippen LogP contribution is -2.24. The van der Waals surface area contributed by atoms with Crippen LogP contribution in [0.3, 0.4) is 0 Å². The molecule has 2 heteroatoms. The molecular formula is C28H32O2. The molecule has 0 saturated carbocycles. The molecule has 0 unspecified atom stereocenters. The summed E-state index contributed by atoms with van der Waals surface area (Å²) < 4.78 is 5.03. The van der Waals surface area contributed by atoms with Crippen LogP contribution in [0.4, 0.5) is 0 Å². The predicted molar refractivity (Wildman–Crippen MR) is 125 cm³/mol. The van der Waals surface area contributed by atoms with Crippen molar-refractivity contribution in [2.45, 2.75) is 65.7 Å². The Morgan fingerprint density at radius 2 is 1.60 bits per heavy atom. The molecule has 0 aromatic heterocycles. The Bertz CT molecular complexity index is 1000.